The number of ether oxygens (including phenoxy) is 1. The molecule has 1 aliphatic rings. The average molecular weight is 302 g/mol. The van der Waals surface area contributed by atoms with E-state index in [1.165, 1.54) is 0 Å². The summed E-state index contributed by atoms with van der Waals surface area (Å²) >= 11 is 0. The van der Waals surface area contributed by atoms with Gasteiger partial charge in [-0.15, -0.1) is 0 Å². The van der Waals surface area contributed by atoms with Crippen molar-refractivity contribution < 1.29 is 9.53 Å². The van der Waals surface area contributed by atoms with Crippen molar-refractivity contribution in [2.75, 3.05) is 13.1 Å². The Hall–Kier alpha value is -2.37. The first-order chi connectivity index (χ1) is 10.4. The second-order valence-corrected chi connectivity index (χ2v) is 6.09. The van der Waals surface area contributed by atoms with Gasteiger partial charge in [0.2, 0.25) is 0 Å². The van der Waals surface area contributed by atoms with E-state index in [4.69, 9.17) is 10.5 Å². The van der Waals surface area contributed by atoms with Crippen LogP contribution >= 0.6 is 0 Å². The van der Waals surface area contributed by atoms with Gasteiger partial charge in [0.15, 0.2) is 5.82 Å². The summed E-state index contributed by atoms with van der Waals surface area (Å²) < 4.78 is 5.41. The van der Waals surface area contributed by atoms with Gasteiger partial charge in [-0.1, -0.05) is 6.07 Å². The van der Waals surface area contributed by atoms with Gasteiger partial charge in [0, 0.05) is 12.7 Å². The van der Waals surface area contributed by atoms with E-state index in [2.05, 4.69) is 9.98 Å². The lowest BCUT2D eigenvalue weighted by Gasteiger charge is -2.31. The third kappa shape index (κ3) is 4.31. The van der Waals surface area contributed by atoms with Crippen LogP contribution in [0, 0.1) is 0 Å². The maximum Gasteiger partial charge on any atom is 0.410 e. The smallest absolute Gasteiger partial charge is 0.410 e. The fraction of sp³-hybridized carbons (Fsp3) is 0.438. The Morgan fingerprint density at radius 1 is 1.45 bits per heavy atom. The van der Waals surface area contributed by atoms with Crippen molar-refractivity contribution in [3.63, 3.8) is 0 Å². The Labute approximate surface area is 130 Å². The molecule has 2 rings (SSSR count). The highest BCUT2D eigenvalue weighted by molar-refractivity contribution is 6.04. The number of hydrogen-bond acceptors (Lipinski definition) is 5. The predicted molar refractivity (Wildman–Crippen MR) is 86.0 cm³/mol. The van der Waals surface area contributed by atoms with Crippen LogP contribution in [0.4, 0.5) is 10.6 Å². The number of likely N-dealkylation sites (tertiary alicyclic amines) is 1. The van der Waals surface area contributed by atoms with Crippen LogP contribution < -0.4 is 5.73 Å². The number of nitrogens with zero attached hydrogens (tertiary/aromatic N) is 3. The molecule has 0 radical (unpaired) electrons. The number of aromatic nitrogens is 1. The first-order valence-electron chi connectivity index (χ1n) is 7.27. The Balaban J connectivity index is 2.17. The summed E-state index contributed by atoms with van der Waals surface area (Å²) in [6.07, 6.45) is 3.55. The lowest BCUT2D eigenvalue weighted by atomic mass is 10.0. The number of rotatable bonds is 1. The van der Waals surface area contributed by atoms with Gasteiger partial charge >= 0.3 is 6.09 Å². The third-order valence-corrected chi connectivity index (χ3v) is 3.11. The van der Waals surface area contributed by atoms with Crippen molar-refractivity contribution in [3.8, 4) is 0 Å². The number of carbonyl (C=O) groups is 1. The molecule has 118 valence electrons. The summed E-state index contributed by atoms with van der Waals surface area (Å²) in [5, 5.41) is 0. The molecule has 0 saturated carbocycles. The maximum atomic E-state index is 12.2. The molecule has 1 fully saturated rings. The van der Waals surface area contributed by atoms with Gasteiger partial charge in [-0.2, -0.15) is 0 Å². The summed E-state index contributed by atoms with van der Waals surface area (Å²) in [5.41, 5.74) is 6.84. The number of pyridine rings is 1. The Morgan fingerprint density at radius 3 is 2.82 bits per heavy atom. The molecule has 0 aromatic carbocycles. The van der Waals surface area contributed by atoms with Gasteiger partial charge in [0.1, 0.15) is 5.60 Å². The summed E-state index contributed by atoms with van der Waals surface area (Å²) in [4.78, 5) is 22.5. The average Bonchev–Trinajstić information content (AvgIpc) is 2.46. The van der Waals surface area contributed by atoms with E-state index < -0.39 is 5.60 Å². The van der Waals surface area contributed by atoms with Gasteiger partial charge in [0.25, 0.3) is 0 Å². The fourth-order valence-electron chi connectivity index (χ4n) is 2.09. The Bertz CT molecular complexity index is 588. The van der Waals surface area contributed by atoms with Crippen molar-refractivity contribution in [1.29, 1.82) is 0 Å². The van der Waals surface area contributed by atoms with Gasteiger partial charge in [-0.25, -0.2) is 14.8 Å². The zero-order valence-corrected chi connectivity index (χ0v) is 13.2. The van der Waals surface area contributed by atoms with Crippen LogP contribution in [0.15, 0.2) is 41.2 Å². The number of amides is 1. The lowest BCUT2D eigenvalue weighted by molar-refractivity contribution is 0.0274. The van der Waals surface area contributed by atoms with Crippen LogP contribution in [-0.2, 0) is 4.74 Å². The first kappa shape index (κ1) is 16.0. The van der Waals surface area contributed by atoms with Crippen molar-refractivity contribution in [2.24, 2.45) is 10.7 Å². The molecule has 2 N–H and O–H groups in total. The summed E-state index contributed by atoms with van der Waals surface area (Å²) in [6.45, 7) is 6.49. The number of aliphatic imine (C=N–C) groups is 1. The van der Waals surface area contributed by atoms with Gasteiger partial charge in [0.05, 0.1) is 12.3 Å². The number of carbonyl (C=O) groups excluding carboxylic acids is 1. The standard InChI is InChI=1S/C16H22N4O2/c1-16(2,3)22-15(21)20-9-7-12(10-17)13(11-20)19-14-6-4-5-8-18-14/h4-6,8,10H,7,9,11,17H2,1-3H3. The highest BCUT2D eigenvalue weighted by Gasteiger charge is 2.27. The molecule has 22 heavy (non-hydrogen) atoms. The van der Waals surface area contributed by atoms with E-state index in [0.717, 1.165) is 11.3 Å². The van der Waals surface area contributed by atoms with E-state index in [-0.39, 0.29) is 6.09 Å². The van der Waals surface area contributed by atoms with Crippen LogP contribution in [0.2, 0.25) is 0 Å². The highest BCUT2D eigenvalue weighted by Crippen LogP contribution is 2.19. The van der Waals surface area contributed by atoms with Crippen LogP contribution in [0.3, 0.4) is 0 Å². The van der Waals surface area contributed by atoms with Crippen LogP contribution in [0.25, 0.3) is 0 Å². The molecule has 6 nitrogen and oxygen atoms in total. The molecular weight excluding hydrogens is 280 g/mol. The zero-order valence-electron chi connectivity index (χ0n) is 13.2. The van der Waals surface area contributed by atoms with Crippen molar-refractivity contribution in [3.05, 3.63) is 36.2 Å². The van der Waals surface area contributed by atoms with E-state index in [1.54, 1.807) is 17.3 Å². The topological polar surface area (TPSA) is 80.8 Å². The van der Waals surface area contributed by atoms with Gasteiger partial charge in [-0.3, -0.25) is 0 Å². The number of hydrogen-bond donors (Lipinski definition) is 1. The highest BCUT2D eigenvalue weighted by atomic mass is 16.6. The van der Waals surface area contributed by atoms with Crippen LogP contribution in [-0.4, -0.2) is 40.4 Å². The normalized spacial score (nSPS) is 19.5. The molecule has 1 saturated heterocycles. The van der Waals surface area contributed by atoms with Crippen molar-refractivity contribution in [1.82, 2.24) is 9.88 Å². The zero-order chi connectivity index (χ0) is 16.2. The van der Waals surface area contributed by atoms with E-state index in [1.807, 2.05) is 39.0 Å². The molecule has 0 unspecified atom stereocenters. The molecule has 2 heterocycles. The summed E-state index contributed by atoms with van der Waals surface area (Å²) in [7, 11) is 0. The van der Waals surface area contributed by atoms with Crippen LogP contribution in [0.5, 0.6) is 0 Å². The van der Waals surface area contributed by atoms with Crippen LogP contribution in [0.1, 0.15) is 27.2 Å². The van der Waals surface area contributed by atoms with Crippen molar-refractivity contribution >= 4 is 17.6 Å². The van der Waals surface area contributed by atoms with E-state index in [9.17, 15) is 4.79 Å². The number of piperidine rings is 1. The maximum absolute atomic E-state index is 12.2. The molecule has 0 aliphatic carbocycles. The van der Waals surface area contributed by atoms with Crippen molar-refractivity contribution in [2.45, 2.75) is 32.8 Å². The minimum Gasteiger partial charge on any atom is -0.444 e. The molecule has 0 atom stereocenters. The molecule has 1 amide bonds. The second-order valence-electron chi connectivity index (χ2n) is 6.09. The monoisotopic (exact) mass is 302 g/mol. The molecule has 1 aliphatic heterocycles. The Kier molecular flexibility index (Phi) is 4.80. The predicted octanol–water partition coefficient (Wildman–Crippen LogP) is 2.64. The Morgan fingerprint density at radius 2 is 2.23 bits per heavy atom. The molecule has 6 heteroatoms. The minimum atomic E-state index is -0.515. The minimum absolute atomic E-state index is 0.336. The quantitative estimate of drug-likeness (QED) is 0.864. The van der Waals surface area contributed by atoms with Gasteiger partial charge < -0.3 is 15.4 Å². The second kappa shape index (κ2) is 6.60. The number of nitrogens with two attached hydrogens (primary N) is 1. The molecule has 0 spiro atoms. The summed E-state index contributed by atoms with van der Waals surface area (Å²) in [5.74, 6) is 0.600. The largest absolute Gasteiger partial charge is 0.444 e. The summed E-state index contributed by atoms with van der Waals surface area (Å²) in [6, 6.07) is 5.51. The van der Waals surface area contributed by atoms with Gasteiger partial charge in [-0.05, 0) is 51.1 Å². The first-order valence-corrected chi connectivity index (χ1v) is 7.27. The molecule has 1 aromatic rings. The molecule has 1 aromatic heterocycles. The van der Waals surface area contributed by atoms with E-state index in [0.29, 0.717) is 25.3 Å². The third-order valence-electron chi connectivity index (χ3n) is 3.11. The lowest BCUT2D eigenvalue weighted by Crippen LogP contribution is -2.44. The molecular formula is C16H22N4O2. The fourth-order valence-corrected chi connectivity index (χ4v) is 2.09. The molecule has 0 bridgehead atoms. The van der Waals surface area contributed by atoms with E-state index >= 15 is 0 Å². The SMILES string of the molecule is CC(C)(C)OC(=O)N1CCC(=CN)C(=Nc2ccccn2)C1.